The maximum absolute atomic E-state index is 11.4. The number of benzene rings is 1. The fourth-order valence-electron chi connectivity index (χ4n) is 2.88. The second-order valence-electron chi connectivity index (χ2n) is 5.91. The van der Waals surface area contributed by atoms with Crippen LogP contribution < -0.4 is 4.90 Å². The van der Waals surface area contributed by atoms with Crippen LogP contribution in [0.2, 0.25) is 5.02 Å². The molecule has 0 radical (unpaired) electrons. The van der Waals surface area contributed by atoms with Crippen LogP contribution in [0, 0.1) is 5.92 Å². The van der Waals surface area contributed by atoms with Crippen molar-refractivity contribution >= 4 is 23.1 Å². The molecule has 0 aromatic heterocycles. The molecule has 3 nitrogen and oxygen atoms in total. The van der Waals surface area contributed by atoms with Crippen molar-refractivity contribution in [2.75, 3.05) is 38.6 Å². The van der Waals surface area contributed by atoms with E-state index in [1.54, 1.807) is 6.92 Å². The summed E-state index contributed by atoms with van der Waals surface area (Å²) in [6.07, 6.45) is 2.43. The molecular formula is C16H23ClN2O. The fraction of sp³-hybridized carbons (Fsp3) is 0.562. The molecule has 0 aliphatic carbocycles. The largest absolute Gasteiger partial charge is 0.371 e. The van der Waals surface area contributed by atoms with Crippen LogP contribution in [0.1, 0.15) is 30.1 Å². The van der Waals surface area contributed by atoms with E-state index >= 15 is 0 Å². The fourth-order valence-corrected chi connectivity index (χ4v) is 3.18. The molecule has 0 amide bonds. The molecule has 0 N–H and O–H groups in total. The molecule has 0 spiro atoms. The number of carbonyl (C=O) groups is 1. The molecule has 0 unspecified atom stereocenters. The van der Waals surface area contributed by atoms with E-state index in [1.165, 1.54) is 12.8 Å². The predicted octanol–water partition coefficient (Wildman–Crippen LogP) is 3.32. The maximum atomic E-state index is 11.4. The summed E-state index contributed by atoms with van der Waals surface area (Å²) >= 11 is 6.19. The molecule has 1 aliphatic heterocycles. The Morgan fingerprint density at radius 2 is 2.00 bits per heavy atom. The van der Waals surface area contributed by atoms with Gasteiger partial charge in [0.25, 0.3) is 0 Å². The van der Waals surface area contributed by atoms with Crippen molar-refractivity contribution in [2.45, 2.75) is 19.8 Å². The molecule has 1 saturated heterocycles. The summed E-state index contributed by atoms with van der Waals surface area (Å²) in [6.45, 7) is 4.84. The van der Waals surface area contributed by atoms with E-state index in [2.05, 4.69) is 23.9 Å². The van der Waals surface area contributed by atoms with Gasteiger partial charge in [0.05, 0.1) is 5.02 Å². The van der Waals surface area contributed by atoms with Crippen molar-refractivity contribution in [3.05, 3.63) is 28.8 Å². The van der Waals surface area contributed by atoms with Crippen molar-refractivity contribution in [1.29, 1.82) is 0 Å². The number of ketones is 1. The van der Waals surface area contributed by atoms with Gasteiger partial charge < -0.3 is 9.80 Å². The molecule has 1 fully saturated rings. The molecule has 4 heteroatoms. The van der Waals surface area contributed by atoms with Gasteiger partial charge in [0.15, 0.2) is 5.78 Å². The van der Waals surface area contributed by atoms with E-state index in [9.17, 15) is 4.79 Å². The molecule has 1 heterocycles. The van der Waals surface area contributed by atoms with E-state index in [-0.39, 0.29) is 5.78 Å². The molecule has 0 saturated carbocycles. The van der Waals surface area contributed by atoms with Gasteiger partial charge in [-0.15, -0.1) is 0 Å². The third-order valence-corrected chi connectivity index (χ3v) is 4.25. The summed E-state index contributed by atoms with van der Waals surface area (Å²) in [7, 11) is 4.26. The first-order valence-corrected chi connectivity index (χ1v) is 7.55. The lowest BCUT2D eigenvalue weighted by atomic mass is 9.96. The SMILES string of the molecule is CC(=O)c1ccc(N2CCC(CN(C)C)CC2)cc1Cl. The molecule has 2 rings (SSSR count). The lowest BCUT2D eigenvalue weighted by Gasteiger charge is -2.34. The topological polar surface area (TPSA) is 23.6 Å². The van der Waals surface area contributed by atoms with E-state index < -0.39 is 0 Å². The normalized spacial score (nSPS) is 16.8. The van der Waals surface area contributed by atoms with Crippen LogP contribution in [0.25, 0.3) is 0 Å². The number of piperidine rings is 1. The molecule has 1 aliphatic rings. The standard InChI is InChI=1S/C16H23ClN2O/c1-12(20)15-5-4-14(10-16(15)17)19-8-6-13(7-9-19)11-18(2)3/h4-5,10,13H,6-9,11H2,1-3H3. The third kappa shape index (κ3) is 3.74. The minimum absolute atomic E-state index is 0.0197. The highest BCUT2D eigenvalue weighted by Gasteiger charge is 2.20. The molecule has 0 atom stereocenters. The highest BCUT2D eigenvalue weighted by atomic mass is 35.5. The summed E-state index contributed by atoms with van der Waals surface area (Å²) in [5.74, 6) is 0.805. The second kappa shape index (κ2) is 6.59. The first kappa shape index (κ1) is 15.3. The number of anilines is 1. The van der Waals surface area contributed by atoms with Gasteiger partial charge in [-0.3, -0.25) is 4.79 Å². The summed E-state index contributed by atoms with van der Waals surface area (Å²) in [4.78, 5) is 16.0. The van der Waals surface area contributed by atoms with Gasteiger partial charge in [0.1, 0.15) is 0 Å². The lowest BCUT2D eigenvalue weighted by molar-refractivity contribution is 0.101. The van der Waals surface area contributed by atoms with Crippen molar-refractivity contribution in [1.82, 2.24) is 4.90 Å². The van der Waals surface area contributed by atoms with Crippen LogP contribution in [0.15, 0.2) is 18.2 Å². The minimum Gasteiger partial charge on any atom is -0.371 e. The van der Waals surface area contributed by atoms with Gasteiger partial charge in [0.2, 0.25) is 0 Å². The summed E-state index contributed by atoms with van der Waals surface area (Å²) in [5, 5.41) is 0.561. The predicted molar refractivity (Wildman–Crippen MR) is 84.9 cm³/mol. The number of Topliss-reactive ketones (excluding diaryl/α,β-unsaturated/α-hetero) is 1. The Kier molecular flexibility index (Phi) is 5.06. The smallest absolute Gasteiger partial charge is 0.161 e. The Balaban J connectivity index is 2.00. The van der Waals surface area contributed by atoms with Crippen LogP contribution in [-0.2, 0) is 0 Å². The molecule has 110 valence electrons. The number of hydrogen-bond acceptors (Lipinski definition) is 3. The quantitative estimate of drug-likeness (QED) is 0.796. The molecule has 20 heavy (non-hydrogen) atoms. The number of carbonyl (C=O) groups excluding carboxylic acids is 1. The van der Waals surface area contributed by atoms with Crippen molar-refractivity contribution in [2.24, 2.45) is 5.92 Å². The van der Waals surface area contributed by atoms with E-state index in [1.807, 2.05) is 18.2 Å². The molecule has 1 aromatic carbocycles. The minimum atomic E-state index is 0.0197. The van der Waals surface area contributed by atoms with Crippen LogP contribution >= 0.6 is 11.6 Å². The lowest BCUT2D eigenvalue weighted by Crippen LogP contribution is -2.37. The summed E-state index contributed by atoms with van der Waals surface area (Å²) < 4.78 is 0. The Labute approximate surface area is 126 Å². The zero-order valence-electron chi connectivity index (χ0n) is 12.5. The Morgan fingerprint density at radius 1 is 1.35 bits per heavy atom. The van der Waals surface area contributed by atoms with Gasteiger partial charge in [0, 0.05) is 30.9 Å². The zero-order valence-corrected chi connectivity index (χ0v) is 13.3. The molecular weight excluding hydrogens is 272 g/mol. The van der Waals surface area contributed by atoms with E-state index in [0.717, 1.165) is 31.2 Å². The molecule has 0 bridgehead atoms. The van der Waals surface area contributed by atoms with E-state index in [0.29, 0.717) is 10.6 Å². The number of rotatable bonds is 4. The van der Waals surface area contributed by atoms with Gasteiger partial charge in [-0.25, -0.2) is 0 Å². The second-order valence-corrected chi connectivity index (χ2v) is 6.32. The Hall–Kier alpha value is -1.06. The van der Waals surface area contributed by atoms with Crippen LogP contribution in [0.5, 0.6) is 0 Å². The summed E-state index contributed by atoms with van der Waals surface area (Å²) in [6, 6.07) is 5.77. The maximum Gasteiger partial charge on any atom is 0.161 e. The number of halogens is 1. The van der Waals surface area contributed by atoms with E-state index in [4.69, 9.17) is 11.6 Å². The van der Waals surface area contributed by atoms with Gasteiger partial charge in [-0.1, -0.05) is 11.6 Å². The zero-order chi connectivity index (χ0) is 14.7. The molecule has 1 aromatic rings. The van der Waals surface area contributed by atoms with Gasteiger partial charge in [-0.2, -0.15) is 0 Å². The van der Waals surface area contributed by atoms with Crippen molar-refractivity contribution in [3.8, 4) is 0 Å². The van der Waals surface area contributed by atoms with Crippen LogP contribution in [-0.4, -0.2) is 44.4 Å². The van der Waals surface area contributed by atoms with Crippen LogP contribution in [0.3, 0.4) is 0 Å². The summed E-state index contributed by atoms with van der Waals surface area (Å²) in [5.41, 5.74) is 1.74. The number of nitrogens with zero attached hydrogens (tertiary/aromatic N) is 2. The van der Waals surface area contributed by atoms with Crippen molar-refractivity contribution in [3.63, 3.8) is 0 Å². The van der Waals surface area contributed by atoms with Gasteiger partial charge in [-0.05, 0) is 58.0 Å². The van der Waals surface area contributed by atoms with Gasteiger partial charge >= 0.3 is 0 Å². The highest BCUT2D eigenvalue weighted by molar-refractivity contribution is 6.34. The average molecular weight is 295 g/mol. The average Bonchev–Trinajstić information content (AvgIpc) is 2.38. The Morgan fingerprint density at radius 3 is 2.50 bits per heavy atom. The first-order chi connectivity index (χ1) is 9.47. The first-order valence-electron chi connectivity index (χ1n) is 7.17. The Bertz CT molecular complexity index is 479. The van der Waals surface area contributed by atoms with Crippen LogP contribution in [0.4, 0.5) is 5.69 Å². The highest BCUT2D eigenvalue weighted by Crippen LogP contribution is 2.28. The van der Waals surface area contributed by atoms with Crippen molar-refractivity contribution < 1.29 is 4.79 Å². The third-order valence-electron chi connectivity index (χ3n) is 3.93. The monoisotopic (exact) mass is 294 g/mol. The number of hydrogen-bond donors (Lipinski definition) is 0.